The van der Waals surface area contributed by atoms with Crippen LogP contribution in [0.3, 0.4) is 0 Å². The van der Waals surface area contributed by atoms with Gasteiger partial charge in [-0.3, -0.25) is 37.3 Å². The third kappa shape index (κ3) is 76.1. The monoisotopic (exact) mass is 1480 g/mol. The number of esters is 4. The van der Waals surface area contributed by atoms with Crippen molar-refractivity contribution in [1.29, 1.82) is 0 Å². The maximum absolute atomic E-state index is 13.1. The molecule has 0 aromatic carbocycles. The van der Waals surface area contributed by atoms with Crippen LogP contribution in [-0.4, -0.2) is 96.7 Å². The number of phosphoric ester groups is 2. The molecular weight excluding hydrogens is 1320 g/mol. The fourth-order valence-corrected chi connectivity index (χ4v) is 14.3. The van der Waals surface area contributed by atoms with Crippen molar-refractivity contribution in [2.75, 3.05) is 39.6 Å². The molecule has 101 heavy (non-hydrogen) atoms. The average Bonchev–Trinajstić information content (AvgIpc) is 0.934. The molecule has 19 heteroatoms. The van der Waals surface area contributed by atoms with Gasteiger partial charge in [-0.25, -0.2) is 9.13 Å². The molecule has 0 aliphatic heterocycles. The maximum atomic E-state index is 13.1. The Balaban J connectivity index is 5.23. The molecule has 0 heterocycles. The van der Waals surface area contributed by atoms with Crippen molar-refractivity contribution >= 4 is 39.5 Å². The van der Waals surface area contributed by atoms with Gasteiger partial charge in [-0.1, -0.05) is 388 Å². The first-order valence-electron chi connectivity index (χ1n) is 42.6. The summed E-state index contributed by atoms with van der Waals surface area (Å²) in [4.78, 5) is 73.1. The highest BCUT2D eigenvalue weighted by atomic mass is 31.2. The van der Waals surface area contributed by atoms with E-state index in [0.717, 1.165) is 95.8 Å². The minimum absolute atomic E-state index is 0.108. The highest BCUT2D eigenvalue weighted by molar-refractivity contribution is 7.47. The molecule has 0 rings (SSSR count). The van der Waals surface area contributed by atoms with E-state index in [0.29, 0.717) is 25.7 Å². The molecule has 0 aromatic heterocycles. The van der Waals surface area contributed by atoms with Crippen LogP contribution in [0.4, 0.5) is 0 Å². The highest BCUT2D eigenvalue weighted by Gasteiger charge is 2.30. The van der Waals surface area contributed by atoms with E-state index in [4.69, 9.17) is 37.0 Å². The Morgan fingerprint density at radius 1 is 0.267 bits per heavy atom. The van der Waals surface area contributed by atoms with E-state index in [1.807, 2.05) is 0 Å². The topological polar surface area (TPSA) is 237 Å². The fourth-order valence-electron chi connectivity index (χ4n) is 12.8. The van der Waals surface area contributed by atoms with Gasteiger partial charge in [-0.15, -0.1) is 0 Å². The van der Waals surface area contributed by atoms with Crippen molar-refractivity contribution in [3.8, 4) is 0 Å². The molecule has 0 aromatic rings. The first-order valence-corrected chi connectivity index (χ1v) is 45.6. The standard InChI is InChI=1S/C82H160O17P2/c1-6-9-12-15-18-21-24-26-27-28-29-33-37-41-46-51-56-61-66-80(85)93-72-78(99-82(87)68-63-58-53-48-43-38-34-31-30-32-36-40-44-49-54-59-64-75(4)5)74-97-101(90,91)95-70-76(83)69-94-100(88,89)96-73-77(71-92-79(84)65-60-55-50-45-39-23-20-17-14-11-8-3)98-81(86)67-62-57-52-47-42-35-25-22-19-16-13-10-7-2/h75-78,83H,6-74H2,1-5H3,(H,88,89)(H,90,91)/t76-,77+,78+/m0/s1. The van der Waals surface area contributed by atoms with Gasteiger partial charge >= 0.3 is 39.5 Å². The molecule has 0 spiro atoms. The van der Waals surface area contributed by atoms with E-state index < -0.39 is 97.5 Å². The Morgan fingerprint density at radius 2 is 0.455 bits per heavy atom. The van der Waals surface area contributed by atoms with Gasteiger partial charge in [0.25, 0.3) is 0 Å². The number of carbonyl (C=O) groups is 4. The van der Waals surface area contributed by atoms with E-state index in [9.17, 15) is 43.2 Å². The van der Waals surface area contributed by atoms with Crippen molar-refractivity contribution in [2.45, 2.75) is 457 Å². The molecule has 5 atom stereocenters. The van der Waals surface area contributed by atoms with Crippen LogP contribution in [0.2, 0.25) is 0 Å². The Kier molecular flexibility index (Phi) is 73.5. The zero-order valence-corrected chi connectivity index (χ0v) is 67.8. The summed E-state index contributed by atoms with van der Waals surface area (Å²) < 4.78 is 68.8. The lowest BCUT2D eigenvalue weighted by atomic mass is 10.0. The molecule has 0 aliphatic rings. The molecule has 17 nitrogen and oxygen atoms in total. The number of ether oxygens (including phenoxy) is 4. The molecule has 0 aliphatic carbocycles. The zero-order chi connectivity index (χ0) is 74.1. The number of hydrogen-bond acceptors (Lipinski definition) is 15. The lowest BCUT2D eigenvalue weighted by molar-refractivity contribution is -0.161. The van der Waals surface area contributed by atoms with Gasteiger partial charge in [0.05, 0.1) is 26.4 Å². The minimum atomic E-state index is -4.96. The number of aliphatic hydroxyl groups is 1. The van der Waals surface area contributed by atoms with Crippen LogP contribution in [0.25, 0.3) is 0 Å². The highest BCUT2D eigenvalue weighted by Crippen LogP contribution is 2.45. The van der Waals surface area contributed by atoms with Gasteiger partial charge in [0.2, 0.25) is 0 Å². The normalized spacial score (nSPS) is 13.8. The number of hydrogen-bond donors (Lipinski definition) is 3. The first-order chi connectivity index (χ1) is 49.0. The van der Waals surface area contributed by atoms with Crippen molar-refractivity contribution in [2.24, 2.45) is 5.92 Å². The second-order valence-corrected chi connectivity index (χ2v) is 32.9. The third-order valence-electron chi connectivity index (χ3n) is 19.3. The second kappa shape index (κ2) is 74.9. The van der Waals surface area contributed by atoms with Crippen LogP contribution in [-0.2, 0) is 65.4 Å². The Morgan fingerprint density at radius 3 is 0.673 bits per heavy atom. The minimum Gasteiger partial charge on any atom is -0.462 e. The van der Waals surface area contributed by atoms with E-state index >= 15 is 0 Å². The summed E-state index contributed by atoms with van der Waals surface area (Å²) in [6, 6.07) is 0. The van der Waals surface area contributed by atoms with Crippen LogP contribution in [0.15, 0.2) is 0 Å². The Bertz CT molecular complexity index is 1930. The van der Waals surface area contributed by atoms with E-state index in [-0.39, 0.29) is 25.7 Å². The van der Waals surface area contributed by atoms with Gasteiger partial charge in [0.1, 0.15) is 19.3 Å². The summed E-state index contributed by atoms with van der Waals surface area (Å²) in [7, 11) is -9.92. The van der Waals surface area contributed by atoms with Crippen molar-refractivity contribution in [1.82, 2.24) is 0 Å². The summed E-state index contributed by atoms with van der Waals surface area (Å²) in [6.07, 6.45) is 66.5. The number of unbranched alkanes of at least 4 members (excludes halogenated alkanes) is 54. The number of rotatable bonds is 82. The number of aliphatic hydroxyl groups excluding tert-OH is 1. The van der Waals surface area contributed by atoms with Gasteiger partial charge in [-0.2, -0.15) is 0 Å². The lowest BCUT2D eigenvalue weighted by Crippen LogP contribution is -2.30. The van der Waals surface area contributed by atoms with E-state index in [1.165, 1.54) is 263 Å². The molecule has 0 fully saturated rings. The number of phosphoric acid groups is 2. The lowest BCUT2D eigenvalue weighted by Gasteiger charge is -2.21. The molecule has 0 amide bonds. The SMILES string of the molecule is CCCCCCCCCCCCCCCCCCCCC(=O)OC[C@H](COP(=O)(O)OC[C@@H](O)COP(=O)(O)OC[C@@H](COC(=O)CCCCCCCCCCCCC)OC(=O)CCCCCCCCCCCCCCC)OC(=O)CCCCCCCCCCCCCCCCCCC(C)C. The molecular formula is C82H160O17P2. The summed E-state index contributed by atoms with van der Waals surface area (Å²) in [5.41, 5.74) is 0. The smallest absolute Gasteiger partial charge is 0.462 e. The summed E-state index contributed by atoms with van der Waals surface area (Å²) in [5, 5.41) is 10.6. The molecule has 600 valence electrons. The quantitative estimate of drug-likeness (QED) is 0.0222. The third-order valence-corrected chi connectivity index (χ3v) is 21.2. The Hall–Kier alpha value is -1.94. The molecule has 2 unspecified atom stereocenters. The predicted molar refractivity (Wildman–Crippen MR) is 414 cm³/mol. The summed E-state index contributed by atoms with van der Waals surface area (Å²) in [6.45, 7) is 7.37. The molecule has 0 bridgehead atoms. The average molecular weight is 1480 g/mol. The Labute approximate surface area is 619 Å². The van der Waals surface area contributed by atoms with Gasteiger partial charge in [0, 0.05) is 25.7 Å². The number of carbonyl (C=O) groups excluding carboxylic acids is 4. The van der Waals surface area contributed by atoms with Crippen molar-refractivity contribution in [3.63, 3.8) is 0 Å². The molecule has 3 N–H and O–H groups in total. The second-order valence-electron chi connectivity index (χ2n) is 30.0. The molecule has 0 radical (unpaired) electrons. The van der Waals surface area contributed by atoms with E-state index in [1.54, 1.807) is 0 Å². The van der Waals surface area contributed by atoms with Crippen LogP contribution in [0.1, 0.15) is 439 Å². The summed E-state index contributed by atoms with van der Waals surface area (Å²) in [5.74, 6) is -1.29. The van der Waals surface area contributed by atoms with Gasteiger partial charge in [0.15, 0.2) is 12.2 Å². The van der Waals surface area contributed by atoms with Crippen LogP contribution < -0.4 is 0 Å². The van der Waals surface area contributed by atoms with Crippen molar-refractivity contribution < 1.29 is 80.2 Å². The summed E-state index contributed by atoms with van der Waals surface area (Å²) >= 11 is 0. The first kappa shape index (κ1) is 99.1. The van der Waals surface area contributed by atoms with Crippen LogP contribution in [0, 0.1) is 5.92 Å². The van der Waals surface area contributed by atoms with Crippen molar-refractivity contribution in [3.05, 3.63) is 0 Å². The fraction of sp³-hybridized carbons (Fsp3) is 0.951. The zero-order valence-electron chi connectivity index (χ0n) is 66.1. The predicted octanol–water partition coefficient (Wildman–Crippen LogP) is 24.8. The van der Waals surface area contributed by atoms with E-state index in [2.05, 4.69) is 34.6 Å². The maximum Gasteiger partial charge on any atom is 0.472 e. The van der Waals surface area contributed by atoms with Gasteiger partial charge < -0.3 is 33.8 Å². The molecule has 0 saturated heterocycles. The van der Waals surface area contributed by atoms with Crippen LogP contribution in [0.5, 0.6) is 0 Å². The molecule has 0 saturated carbocycles. The van der Waals surface area contributed by atoms with Gasteiger partial charge in [-0.05, 0) is 31.6 Å². The largest absolute Gasteiger partial charge is 0.472 e. The van der Waals surface area contributed by atoms with Crippen LogP contribution >= 0.6 is 15.6 Å².